The highest BCUT2D eigenvalue weighted by molar-refractivity contribution is 4.68. The molecule has 0 fully saturated rings. The van der Waals surface area contributed by atoms with Crippen molar-refractivity contribution >= 4 is 0 Å². The zero-order valence-electron chi connectivity index (χ0n) is 10.4. The monoisotopic (exact) mass is 200 g/mol. The van der Waals surface area contributed by atoms with Gasteiger partial charge in [-0.3, -0.25) is 0 Å². The molecule has 2 heteroatoms. The molecule has 2 nitrogen and oxygen atoms in total. The van der Waals surface area contributed by atoms with E-state index in [-0.39, 0.29) is 0 Å². The second-order valence-corrected chi connectivity index (χ2v) is 4.22. The molecule has 2 atom stereocenters. The van der Waals surface area contributed by atoms with Gasteiger partial charge in [0.15, 0.2) is 0 Å². The first kappa shape index (κ1) is 13.9. The van der Waals surface area contributed by atoms with Crippen molar-refractivity contribution in [3.8, 4) is 0 Å². The Hall–Kier alpha value is -0.0800. The Morgan fingerprint density at radius 2 is 1.79 bits per heavy atom. The SMILES string of the molecule is CCCC(N)CCN(CC)C(C)CC. The van der Waals surface area contributed by atoms with Gasteiger partial charge < -0.3 is 10.6 Å². The Kier molecular flexibility index (Phi) is 8.20. The normalized spacial score (nSPS) is 15.9. The maximum Gasteiger partial charge on any atom is 0.00641 e. The van der Waals surface area contributed by atoms with E-state index in [1.165, 1.54) is 12.8 Å². The van der Waals surface area contributed by atoms with Crippen molar-refractivity contribution in [1.82, 2.24) is 4.90 Å². The van der Waals surface area contributed by atoms with Gasteiger partial charge in [-0.15, -0.1) is 0 Å². The lowest BCUT2D eigenvalue weighted by Crippen LogP contribution is -2.36. The lowest BCUT2D eigenvalue weighted by molar-refractivity contribution is 0.206. The third-order valence-electron chi connectivity index (χ3n) is 3.07. The Morgan fingerprint density at radius 3 is 2.21 bits per heavy atom. The molecular formula is C12H28N2. The van der Waals surface area contributed by atoms with Crippen molar-refractivity contribution in [2.75, 3.05) is 13.1 Å². The molecule has 86 valence electrons. The maximum atomic E-state index is 6.00. The summed E-state index contributed by atoms with van der Waals surface area (Å²) in [5.74, 6) is 0. The van der Waals surface area contributed by atoms with Gasteiger partial charge in [-0.25, -0.2) is 0 Å². The Morgan fingerprint density at radius 1 is 1.14 bits per heavy atom. The van der Waals surface area contributed by atoms with Gasteiger partial charge in [-0.05, 0) is 39.3 Å². The fourth-order valence-electron chi connectivity index (χ4n) is 1.80. The molecule has 0 saturated heterocycles. The lowest BCUT2D eigenvalue weighted by Gasteiger charge is -2.28. The fraction of sp³-hybridized carbons (Fsp3) is 1.00. The van der Waals surface area contributed by atoms with Crippen molar-refractivity contribution in [1.29, 1.82) is 0 Å². The average Bonchev–Trinajstić information content (AvgIpc) is 2.18. The first-order chi connectivity index (χ1) is 6.65. The quantitative estimate of drug-likeness (QED) is 0.652. The molecule has 2 unspecified atom stereocenters. The van der Waals surface area contributed by atoms with Crippen molar-refractivity contribution in [2.45, 2.75) is 65.5 Å². The van der Waals surface area contributed by atoms with E-state index in [0.717, 1.165) is 25.9 Å². The van der Waals surface area contributed by atoms with E-state index < -0.39 is 0 Å². The molecule has 0 aliphatic carbocycles. The molecule has 0 aliphatic rings. The van der Waals surface area contributed by atoms with Crippen LogP contribution in [0.3, 0.4) is 0 Å². The molecular weight excluding hydrogens is 172 g/mol. The van der Waals surface area contributed by atoms with E-state index >= 15 is 0 Å². The van der Waals surface area contributed by atoms with Crippen LogP contribution in [0.2, 0.25) is 0 Å². The summed E-state index contributed by atoms with van der Waals surface area (Å²) in [6.45, 7) is 11.3. The van der Waals surface area contributed by atoms with Gasteiger partial charge in [0.05, 0.1) is 0 Å². The molecule has 0 aromatic rings. The summed E-state index contributed by atoms with van der Waals surface area (Å²) < 4.78 is 0. The van der Waals surface area contributed by atoms with Crippen LogP contribution in [0, 0.1) is 0 Å². The van der Waals surface area contributed by atoms with Crippen LogP contribution in [0.15, 0.2) is 0 Å². The summed E-state index contributed by atoms with van der Waals surface area (Å²) in [5.41, 5.74) is 6.00. The summed E-state index contributed by atoms with van der Waals surface area (Å²) in [7, 11) is 0. The molecule has 0 aromatic heterocycles. The molecule has 0 heterocycles. The van der Waals surface area contributed by atoms with Crippen molar-refractivity contribution in [3.05, 3.63) is 0 Å². The summed E-state index contributed by atoms with van der Waals surface area (Å²) in [4.78, 5) is 2.52. The second kappa shape index (κ2) is 8.25. The molecule has 14 heavy (non-hydrogen) atoms. The smallest absolute Gasteiger partial charge is 0.00641 e. The minimum atomic E-state index is 0.401. The van der Waals surface area contributed by atoms with Gasteiger partial charge in [0.2, 0.25) is 0 Å². The molecule has 0 radical (unpaired) electrons. The topological polar surface area (TPSA) is 29.3 Å². The van der Waals surface area contributed by atoms with E-state index in [4.69, 9.17) is 5.73 Å². The van der Waals surface area contributed by atoms with Crippen LogP contribution in [0.5, 0.6) is 0 Å². The van der Waals surface area contributed by atoms with Gasteiger partial charge >= 0.3 is 0 Å². The molecule has 0 rings (SSSR count). The van der Waals surface area contributed by atoms with Gasteiger partial charge in [0, 0.05) is 12.1 Å². The van der Waals surface area contributed by atoms with E-state index in [0.29, 0.717) is 12.1 Å². The number of hydrogen-bond acceptors (Lipinski definition) is 2. The first-order valence-electron chi connectivity index (χ1n) is 6.15. The van der Waals surface area contributed by atoms with Gasteiger partial charge in [0.25, 0.3) is 0 Å². The van der Waals surface area contributed by atoms with Crippen LogP contribution in [0.25, 0.3) is 0 Å². The number of nitrogens with zero attached hydrogens (tertiary/aromatic N) is 1. The fourth-order valence-corrected chi connectivity index (χ4v) is 1.80. The zero-order chi connectivity index (χ0) is 11.0. The van der Waals surface area contributed by atoms with Crippen LogP contribution in [0.4, 0.5) is 0 Å². The zero-order valence-corrected chi connectivity index (χ0v) is 10.4. The van der Waals surface area contributed by atoms with Crippen molar-refractivity contribution in [2.24, 2.45) is 5.73 Å². The largest absolute Gasteiger partial charge is 0.328 e. The van der Waals surface area contributed by atoms with Crippen LogP contribution in [0.1, 0.15) is 53.4 Å². The molecule has 0 amide bonds. The summed E-state index contributed by atoms with van der Waals surface area (Å²) in [5, 5.41) is 0. The van der Waals surface area contributed by atoms with E-state index in [2.05, 4.69) is 32.6 Å². The summed E-state index contributed by atoms with van der Waals surface area (Å²) >= 11 is 0. The lowest BCUT2D eigenvalue weighted by atomic mass is 10.1. The predicted octanol–water partition coefficient (Wildman–Crippen LogP) is 2.62. The standard InChI is InChI=1S/C12H28N2/c1-5-8-12(13)9-10-14(7-3)11(4)6-2/h11-12H,5-10,13H2,1-4H3. The van der Waals surface area contributed by atoms with Crippen molar-refractivity contribution in [3.63, 3.8) is 0 Å². The van der Waals surface area contributed by atoms with E-state index in [1.807, 2.05) is 0 Å². The second-order valence-electron chi connectivity index (χ2n) is 4.22. The number of nitrogens with two attached hydrogens (primary N) is 1. The third-order valence-corrected chi connectivity index (χ3v) is 3.07. The Labute approximate surface area is 89.9 Å². The number of rotatable bonds is 8. The highest BCUT2D eigenvalue weighted by Gasteiger charge is 2.10. The van der Waals surface area contributed by atoms with Crippen LogP contribution < -0.4 is 5.73 Å². The molecule has 0 aromatic carbocycles. The van der Waals surface area contributed by atoms with E-state index in [1.54, 1.807) is 0 Å². The summed E-state index contributed by atoms with van der Waals surface area (Å²) in [6.07, 6.45) is 4.75. The molecule has 0 spiro atoms. The highest BCUT2D eigenvalue weighted by Crippen LogP contribution is 2.06. The summed E-state index contributed by atoms with van der Waals surface area (Å²) in [6, 6.07) is 1.10. The highest BCUT2D eigenvalue weighted by atomic mass is 15.1. The minimum absolute atomic E-state index is 0.401. The molecule has 0 aliphatic heterocycles. The molecule has 0 saturated carbocycles. The maximum absolute atomic E-state index is 6.00. The first-order valence-corrected chi connectivity index (χ1v) is 6.15. The predicted molar refractivity (Wildman–Crippen MR) is 64.5 cm³/mol. The third kappa shape index (κ3) is 5.61. The average molecular weight is 200 g/mol. The van der Waals surface area contributed by atoms with Gasteiger partial charge in [-0.1, -0.05) is 27.2 Å². The van der Waals surface area contributed by atoms with Gasteiger partial charge in [-0.2, -0.15) is 0 Å². The van der Waals surface area contributed by atoms with Gasteiger partial charge in [0.1, 0.15) is 0 Å². The van der Waals surface area contributed by atoms with Crippen LogP contribution in [-0.4, -0.2) is 30.1 Å². The van der Waals surface area contributed by atoms with Crippen LogP contribution in [-0.2, 0) is 0 Å². The van der Waals surface area contributed by atoms with Crippen LogP contribution >= 0.6 is 0 Å². The number of hydrogen-bond donors (Lipinski definition) is 1. The van der Waals surface area contributed by atoms with E-state index in [9.17, 15) is 0 Å². The molecule has 2 N–H and O–H groups in total. The minimum Gasteiger partial charge on any atom is -0.328 e. The Balaban J connectivity index is 3.71. The Bertz CT molecular complexity index is 125. The molecule has 0 bridgehead atoms. The van der Waals surface area contributed by atoms with Crippen molar-refractivity contribution < 1.29 is 0 Å².